The van der Waals surface area contributed by atoms with Crippen molar-refractivity contribution in [3.8, 4) is 0 Å². The summed E-state index contributed by atoms with van der Waals surface area (Å²) >= 11 is 0. The van der Waals surface area contributed by atoms with Crippen LogP contribution in [0.2, 0.25) is 0 Å². The molecule has 6 nitrogen and oxygen atoms in total. The average Bonchev–Trinajstić information content (AvgIpc) is 2.64. The third kappa shape index (κ3) is 2.54. The van der Waals surface area contributed by atoms with Crippen molar-refractivity contribution in [2.45, 2.75) is 19.4 Å². The predicted molar refractivity (Wildman–Crippen MR) is 51.3 cm³/mol. The van der Waals surface area contributed by atoms with Gasteiger partial charge in [-0.1, -0.05) is 5.16 Å². The predicted octanol–water partition coefficient (Wildman–Crippen LogP) is -0.544. The van der Waals surface area contributed by atoms with Gasteiger partial charge < -0.3 is 20.1 Å². The number of hydrogen-bond donors (Lipinski definition) is 3. The van der Waals surface area contributed by atoms with Crippen LogP contribution in [-0.4, -0.2) is 40.0 Å². The molecule has 0 atom stereocenters. The van der Waals surface area contributed by atoms with Gasteiger partial charge in [0.15, 0.2) is 0 Å². The fourth-order valence-corrected chi connectivity index (χ4v) is 0.969. The quantitative estimate of drug-likeness (QED) is 0.625. The van der Waals surface area contributed by atoms with Crippen LogP contribution in [0.1, 0.15) is 23.0 Å². The Hall–Kier alpha value is -1.40. The molecule has 1 rings (SSSR count). The molecule has 0 aromatic carbocycles. The summed E-state index contributed by atoms with van der Waals surface area (Å²) in [5, 5.41) is 23.9. The maximum absolute atomic E-state index is 11.6. The van der Waals surface area contributed by atoms with Crippen molar-refractivity contribution in [1.82, 2.24) is 10.5 Å². The Balaban J connectivity index is 2.76. The van der Waals surface area contributed by atoms with Crippen LogP contribution in [0.3, 0.4) is 0 Å². The highest BCUT2D eigenvalue weighted by Crippen LogP contribution is 2.08. The van der Waals surface area contributed by atoms with Crippen LogP contribution in [0.25, 0.3) is 0 Å². The van der Waals surface area contributed by atoms with Crippen molar-refractivity contribution in [2.24, 2.45) is 0 Å². The van der Waals surface area contributed by atoms with E-state index in [1.807, 2.05) is 0 Å². The smallest absolute Gasteiger partial charge is 0.290 e. The van der Waals surface area contributed by atoms with Gasteiger partial charge in [0.25, 0.3) is 5.91 Å². The van der Waals surface area contributed by atoms with E-state index in [0.717, 1.165) is 0 Å². The summed E-state index contributed by atoms with van der Waals surface area (Å²) in [7, 11) is 0. The highest BCUT2D eigenvalue weighted by Gasteiger charge is 2.27. The largest absolute Gasteiger partial charge is 0.394 e. The van der Waals surface area contributed by atoms with E-state index in [2.05, 4.69) is 10.5 Å². The average molecular weight is 214 g/mol. The first-order valence-electron chi connectivity index (χ1n) is 4.48. The highest BCUT2D eigenvalue weighted by atomic mass is 16.5. The molecule has 84 valence electrons. The normalized spacial score (nSPS) is 11.5. The molecule has 0 radical (unpaired) electrons. The Labute approximate surface area is 86.9 Å². The number of aromatic nitrogens is 1. The standard InChI is InChI=1S/C9H14N2O4/c1-6-3-10-15-7(6)8(14)11-9(2,4-12)5-13/h3,12-13H,4-5H2,1-2H3,(H,11,14). The van der Waals surface area contributed by atoms with Gasteiger partial charge in [0, 0.05) is 5.56 Å². The van der Waals surface area contributed by atoms with Gasteiger partial charge in [-0.15, -0.1) is 0 Å². The summed E-state index contributed by atoms with van der Waals surface area (Å²) in [6, 6.07) is 0. The van der Waals surface area contributed by atoms with Crippen molar-refractivity contribution in [1.29, 1.82) is 0 Å². The number of amides is 1. The van der Waals surface area contributed by atoms with Crippen molar-refractivity contribution in [3.63, 3.8) is 0 Å². The number of aliphatic hydroxyl groups is 2. The molecule has 0 spiro atoms. The third-order valence-corrected chi connectivity index (χ3v) is 2.07. The van der Waals surface area contributed by atoms with E-state index in [4.69, 9.17) is 14.7 Å². The van der Waals surface area contributed by atoms with Gasteiger partial charge in [0.1, 0.15) is 0 Å². The Morgan fingerprint density at radius 1 is 1.60 bits per heavy atom. The minimum Gasteiger partial charge on any atom is -0.394 e. The molecule has 0 aliphatic rings. The van der Waals surface area contributed by atoms with Crippen LogP contribution in [0.15, 0.2) is 10.7 Å². The maximum atomic E-state index is 11.6. The molecule has 15 heavy (non-hydrogen) atoms. The Bertz CT molecular complexity index is 344. The van der Waals surface area contributed by atoms with Crippen LogP contribution in [-0.2, 0) is 0 Å². The van der Waals surface area contributed by atoms with Crippen molar-refractivity contribution < 1.29 is 19.5 Å². The number of carbonyl (C=O) groups is 1. The number of aryl methyl sites for hydroxylation is 1. The summed E-state index contributed by atoms with van der Waals surface area (Å²) in [4.78, 5) is 11.6. The monoisotopic (exact) mass is 214 g/mol. The minimum atomic E-state index is -1.06. The van der Waals surface area contributed by atoms with Crippen LogP contribution in [0, 0.1) is 6.92 Å². The molecule has 3 N–H and O–H groups in total. The zero-order valence-electron chi connectivity index (χ0n) is 8.65. The number of nitrogens with one attached hydrogen (secondary N) is 1. The number of hydrogen-bond acceptors (Lipinski definition) is 5. The van der Waals surface area contributed by atoms with E-state index in [0.29, 0.717) is 5.56 Å². The first-order chi connectivity index (χ1) is 7.02. The molecular formula is C9H14N2O4. The summed E-state index contributed by atoms with van der Waals surface area (Å²) in [5.41, 5.74) is -0.457. The number of rotatable bonds is 4. The van der Waals surface area contributed by atoms with E-state index in [1.54, 1.807) is 6.92 Å². The molecule has 0 saturated heterocycles. The van der Waals surface area contributed by atoms with E-state index < -0.39 is 11.4 Å². The third-order valence-electron chi connectivity index (χ3n) is 2.07. The fourth-order valence-electron chi connectivity index (χ4n) is 0.969. The van der Waals surface area contributed by atoms with Crippen molar-refractivity contribution in [3.05, 3.63) is 17.5 Å². The van der Waals surface area contributed by atoms with Gasteiger partial charge in [-0.25, -0.2) is 0 Å². The van der Waals surface area contributed by atoms with Crippen LogP contribution >= 0.6 is 0 Å². The molecule has 1 aromatic rings. The van der Waals surface area contributed by atoms with Gasteiger partial charge in [-0.05, 0) is 13.8 Å². The Morgan fingerprint density at radius 3 is 2.60 bits per heavy atom. The maximum Gasteiger partial charge on any atom is 0.290 e. The number of carbonyl (C=O) groups excluding carboxylic acids is 1. The van der Waals surface area contributed by atoms with Crippen molar-refractivity contribution in [2.75, 3.05) is 13.2 Å². The van der Waals surface area contributed by atoms with Gasteiger partial charge in [0.2, 0.25) is 5.76 Å². The van der Waals surface area contributed by atoms with E-state index in [1.165, 1.54) is 13.1 Å². The molecular weight excluding hydrogens is 200 g/mol. The van der Waals surface area contributed by atoms with E-state index >= 15 is 0 Å². The first kappa shape index (κ1) is 11.7. The number of nitrogens with zero attached hydrogens (tertiary/aromatic N) is 1. The fraction of sp³-hybridized carbons (Fsp3) is 0.556. The first-order valence-corrected chi connectivity index (χ1v) is 4.48. The van der Waals surface area contributed by atoms with Crippen LogP contribution in [0.4, 0.5) is 0 Å². The molecule has 0 saturated carbocycles. The van der Waals surface area contributed by atoms with Crippen molar-refractivity contribution >= 4 is 5.91 Å². The van der Waals surface area contributed by atoms with E-state index in [-0.39, 0.29) is 19.0 Å². The lowest BCUT2D eigenvalue weighted by molar-refractivity contribution is 0.0692. The Morgan fingerprint density at radius 2 is 2.20 bits per heavy atom. The highest BCUT2D eigenvalue weighted by molar-refractivity contribution is 5.93. The molecule has 0 aliphatic heterocycles. The Kier molecular flexibility index (Phi) is 3.43. The zero-order valence-corrected chi connectivity index (χ0v) is 8.65. The van der Waals surface area contributed by atoms with Crippen LogP contribution < -0.4 is 5.32 Å². The molecule has 1 amide bonds. The SMILES string of the molecule is Cc1cnoc1C(=O)NC(C)(CO)CO. The molecule has 6 heteroatoms. The lowest BCUT2D eigenvalue weighted by Gasteiger charge is -2.25. The summed E-state index contributed by atoms with van der Waals surface area (Å²) in [6.45, 7) is 2.49. The zero-order chi connectivity index (χ0) is 11.5. The topological polar surface area (TPSA) is 95.6 Å². The second kappa shape index (κ2) is 4.41. The lowest BCUT2D eigenvalue weighted by Crippen LogP contribution is -2.51. The molecule has 0 bridgehead atoms. The molecule has 1 heterocycles. The molecule has 1 aromatic heterocycles. The summed E-state index contributed by atoms with van der Waals surface area (Å²) in [5.74, 6) is -0.418. The molecule has 0 aliphatic carbocycles. The lowest BCUT2D eigenvalue weighted by atomic mass is 10.1. The molecule has 0 fully saturated rings. The van der Waals surface area contributed by atoms with Crippen LogP contribution in [0.5, 0.6) is 0 Å². The summed E-state index contributed by atoms with van der Waals surface area (Å²) in [6.07, 6.45) is 1.42. The second-order valence-electron chi connectivity index (χ2n) is 3.67. The second-order valence-corrected chi connectivity index (χ2v) is 3.67. The van der Waals surface area contributed by atoms with Gasteiger partial charge in [0.05, 0.1) is 24.9 Å². The van der Waals surface area contributed by atoms with Gasteiger partial charge >= 0.3 is 0 Å². The van der Waals surface area contributed by atoms with Gasteiger partial charge in [-0.2, -0.15) is 0 Å². The minimum absolute atomic E-state index is 0.0862. The summed E-state index contributed by atoms with van der Waals surface area (Å²) < 4.78 is 4.74. The number of aliphatic hydroxyl groups excluding tert-OH is 2. The van der Waals surface area contributed by atoms with E-state index in [9.17, 15) is 4.79 Å². The molecule has 0 unspecified atom stereocenters. The van der Waals surface area contributed by atoms with Gasteiger partial charge in [-0.3, -0.25) is 4.79 Å².